The lowest BCUT2D eigenvalue weighted by Gasteiger charge is -2.34. The molecule has 1 atom stereocenters. The van der Waals surface area contributed by atoms with Crippen molar-refractivity contribution in [1.29, 1.82) is 0 Å². The molecule has 0 saturated carbocycles. The molecule has 1 unspecified atom stereocenters. The molecule has 92 valence electrons. The molecule has 0 aromatic carbocycles. The first-order valence-electron chi connectivity index (χ1n) is 5.33. The van der Waals surface area contributed by atoms with E-state index in [4.69, 9.17) is 4.42 Å². The first-order chi connectivity index (χ1) is 7.48. The number of halogens is 3. The normalized spacial score (nSPS) is 16.1. The van der Waals surface area contributed by atoms with E-state index in [-0.39, 0.29) is 12.2 Å². The third-order valence-corrected chi connectivity index (χ3v) is 2.63. The van der Waals surface area contributed by atoms with Crippen molar-refractivity contribution < 1.29 is 17.6 Å². The molecule has 5 heteroatoms. The second kappa shape index (κ2) is 4.91. The minimum atomic E-state index is -4.37. The Morgan fingerprint density at radius 3 is 2.38 bits per heavy atom. The van der Waals surface area contributed by atoms with E-state index in [9.17, 15) is 13.2 Å². The molecule has 1 aromatic heterocycles. The summed E-state index contributed by atoms with van der Waals surface area (Å²) >= 11 is 0. The van der Waals surface area contributed by atoms with Crippen LogP contribution < -0.4 is 5.32 Å². The molecule has 0 aliphatic rings. The number of hydrogen-bond donors (Lipinski definition) is 1. The van der Waals surface area contributed by atoms with Gasteiger partial charge < -0.3 is 4.42 Å². The van der Waals surface area contributed by atoms with Gasteiger partial charge in [0, 0.05) is 0 Å². The van der Waals surface area contributed by atoms with Crippen molar-refractivity contribution >= 4 is 0 Å². The standard InChI is InChI=1S/C11H16F3NO/c1-3-7-15-10(4-2,11(12,13)14)9-6-5-8-16-9/h5-6,8,15H,3-4,7H2,1-2H3. The first kappa shape index (κ1) is 13.1. The van der Waals surface area contributed by atoms with Crippen LogP contribution in [0.25, 0.3) is 0 Å². The van der Waals surface area contributed by atoms with Crippen LogP contribution in [0.3, 0.4) is 0 Å². The lowest BCUT2D eigenvalue weighted by molar-refractivity contribution is -0.207. The summed E-state index contributed by atoms with van der Waals surface area (Å²) in [6.07, 6.45) is -2.56. The fraction of sp³-hybridized carbons (Fsp3) is 0.636. The summed E-state index contributed by atoms with van der Waals surface area (Å²) in [4.78, 5) is 0. The van der Waals surface area contributed by atoms with E-state index in [0.717, 1.165) is 0 Å². The third-order valence-electron chi connectivity index (χ3n) is 2.63. The fourth-order valence-corrected chi connectivity index (χ4v) is 1.69. The van der Waals surface area contributed by atoms with Crippen LogP contribution in [-0.4, -0.2) is 12.7 Å². The van der Waals surface area contributed by atoms with Crippen molar-refractivity contribution in [3.05, 3.63) is 24.2 Å². The average Bonchev–Trinajstić information content (AvgIpc) is 2.71. The predicted octanol–water partition coefficient (Wildman–Crippen LogP) is 3.45. The lowest BCUT2D eigenvalue weighted by Crippen LogP contribution is -2.53. The molecule has 0 radical (unpaired) electrons. The van der Waals surface area contributed by atoms with Crippen molar-refractivity contribution in [3.8, 4) is 0 Å². The largest absolute Gasteiger partial charge is 0.467 e. The molecule has 0 bridgehead atoms. The predicted molar refractivity (Wildman–Crippen MR) is 55.0 cm³/mol. The molecule has 2 nitrogen and oxygen atoms in total. The van der Waals surface area contributed by atoms with Crippen LogP contribution in [0.5, 0.6) is 0 Å². The summed E-state index contributed by atoms with van der Waals surface area (Å²) in [5, 5.41) is 2.56. The van der Waals surface area contributed by atoms with Gasteiger partial charge in [-0.25, -0.2) is 0 Å². The molecule has 0 aliphatic heterocycles. The third kappa shape index (κ3) is 2.24. The van der Waals surface area contributed by atoms with Gasteiger partial charge in [0.05, 0.1) is 6.26 Å². The van der Waals surface area contributed by atoms with Crippen molar-refractivity contribution in [2.75, 3.05) is 6.54 Å². The molecular weight excluding hydrogens is 219 g/mol. The van der Waals surface area contributed by atoms with E-state index >= 15 is 0 Å². The topological polar surface area (TPSA) is 25.2 Å². The van der Waals surface area contributed by atoms with Crippen LogP contribution in [-0.2, 0) is 5.54 Å². The molecule has 1 aromatic rings. The molecule has 0 amide bonds. The van der Waals surface area contributed by atoms with Gasteiger partial charge in [-0.1, -0.05) is 13.8 Å². The van der Waals surface area contributed by atoms with Crippen molar-refractivity contribution in [2.24, 2.45) is 0 Å². The zero-order valence-corrected chi connectivity index (χ0v) is 9.40. The second-order valence-electron chi connectivity index (χ2n) is 3.66. The van der Waals surface area contributed by atoms with Gasteiger partial charge in [0.2, 0.25) is 0 Å². The highest BCUT2D eigenvalue weighted by Gasteiger charge is 2.56. The maximum atomic E-state index is 13.1. The van der Waals surface area contributed by atoms with Crippen LogP contribution >= 0.6 is 0 Å². The molecule has 1 N–H and O–H groups in total. The van der Waals surface area contributed by atoms with Crippen LogP contribution in [0.15, 0.2) is 22.8 Å². The van der Waals surface area contributed by atoms with Crippen LogP contribution in [0, 0.1) is 0 Å². The van der Waals surface area contributed by atoms with Crippen molar-refractivity contribution in [1.82, 2.24) is 5.32 Å². The highest BCUT2D eigenvalue weighted by Crippen LogP contribution is 2.41. The van der Waals surface area contributed by atoms with E-state index in [0.29, 0.717) is 13.0 Å². The summed E-state index contributed by atoms with van der Waals surface area (Å²) in [6.45, 7) is 3.62. The van der Waals surface area contributed by atoms with Gasteiger partial charge in [0.25, 0.3) is 0 Å². The van der Waals surface area contributed by atoms with Gasteiger partial charge in [-0.2, -0.15) is 13.2 Å². The Labute approximate surface area is 92.8 Å². The summed E-state index contributed by atoms with van der Waals surface area (Å²) in [5.41, 5.74) is -2.06. The van der Waals surface area contributed by atoms with Gasteiger partial charge in [-0.15, -0.1) is 0 Å². The summed E-state index contributed by atoms with van der Waals surface area (Å²) in [7, 11) is 0. The van der Waals surface area contributed by atoms with Gasteiger partial charge in [-0.05, 0) is 31.5 Å². The lowest BCUT2D eigenvalue weighted by atomic mass is 9.92. The number of rotatable bonds is 5. The summed E-state index contributed by atoms with van der Waals surface area (Å²) in [5.74, 6) is -0.0732. The summed E-state index contributed by atoms with van der Waals surface area (Å²) < 4.78 is 44.3. The molecule has 0 spiro atoms. The Balaban J connectivity index is 3.08. The minimum Gasteiger partial charge on any atom is -0.467 e. The van der Waals surface area contributed by atoms with E-state index < -0.39 is 11.7 Å². The van der Waals surface area contributed by atoms with Gasteiger partial charge >= 0.3 is 6.18 Å². The zero-order chi connectivity index (χ0) is 12.2. The number of furan rings is 1. The molecular formula is C11H16F3NO. The Hall–Kier alpha value is -0.970. The Morgan fingerprint density at radius 2 is 2.00 bits per heavy atom. The molecule has 1 heterocycles. The Bertz CT molecular complexity index is 308. The number of nitrogens with one attached hydrogen (secondary N) is 1. The monoisotopic (exact) mass is 235 g/mol. The quantitative estimate of drug-likeness (QED) is 0.845. The number of alkyl halides is 3. The SMILES string of the molecule is CCCNC(CC)(c1ccco1)C(F)(F)F. The van der Waals surface area contributed by atoms with Crippen molar-refractivity contribution in [3.63, 3.8) is 0 Å². The second-order valence-corrected chi connectivity index (χ2v) is 3.66. The fourth-order valence-electron chi connectivity index (χ4n) is 1.69. The van der Waals surface area contributed by atoms with Crippen LogP contribution in [0.4, 0.5) is 13.2 Å². The van der Waals surface area contributed by atoms with E-state index in [1.54, 1.807) is 0 Å². The Kier molecular flexibility index (Phi) is 4.02. The molecule has 0 fully saturated rings. The van der Waals surface area contributed by atoms with Crippen molar-refractivity contribution in [2.45, 2.75) is 38.4 Å². The van der Waals surface area contributed by atoms with Gasteiger partial charge in [0.1, 0.15) is 5.76 Å². The van der Waals surface area contributed by atoms with E-state index in [1.165, 1.54) is 25.3 Å². The maximum absolute atomic E-state index is 13.1. The average molecular weight is 235 g/mol. The molecule has 16 heavy (non-hydrogen) atoms. The van der Waals surface area contributed by atoms with Crippen LogP contribution in [0.2, 0.25) is 0 Å². The minimum absolute atomic E-state index is 0.0732. The smallest absolute Gasteiger partial charge is 0.413 e. The number of hydrogen-bond acceptors (Lipinski definition) is 2. The van der Waals surface area contributed by atoms with Gasteiger partial charge in [-0.3, -0.25) is 5.32 Å². The van der Waals surface area contributed by atoms with E-state index in [2.05, 4.69) is 5.32 Å². The molecule has 0 aliphatic carbocycles. The maximum Gasteiger partial charge on any atom is 0.413 e. The van der Waals surface area contributed by atoms with Gasteiger partial charge in [0.15, 0.2) is 5.54 Å². The van der Waals surface area contributed by atoms with Crippen LogP contribution in [0.1, 0.15) is 32.4 Å². The molecule has 1 rings (SSSR count). The highest BCUT2D eigenvalue weighted by atomic mass is 19.4. The summed E-state index contributed by atoms with van der Waals surface area (Å²) in [6, 6.07) is 2.83. The highest BCUT2D eigenvalue weighted by molar-refractivity contribution is 5.15. The zero-order valence-electron chi connectivity index (χ0n) is 9.40. The Morgan fingerprint density at radius 1 is 1.31 bits per heavy atom. The van der Waals surface area contributed by atoms with E-state index in [1.807, 2.05) is 6.92 Å². The molecule has 0 saturated heterocycles. The first-order valence-corrected chi connectivity index (χ1v) is 5.33.